The van der Waals surface area contributed by atoms with E-state index in [1.807, 2.05) is 12.3 Å². The van der Waals surface area contributed by atoms with E-state index in [9.17, 15) is 0 Å². The van der Waals surface area contributed by atoms with Crippen molar-refractivity contribution in [1.82, 2.24) is 15.3 Å². The average Bonchev–Trinajstić information content (AvgIpc) is 2.81. The third kappa shape index (κ3) is 3.67. The van der Waals surface area contributed by atoms with Crippen molar-refractivity contribution in [3.8, 4) is 0 Å². The first-order chi connectivity index (χ1) is 8.55. The van der Waals surface area contributed by atoms with E-state index >= 15 is 0 Å². The van der Waals surface area contributed by atoms with Crippen molar-refractivity contribution in [2.75, 3.05) is 18.4 Å². The van der Waals surface area contributed by atoms with Crippen LogP contribution in [0, 0.1) is 0 Å². The van der Waals surface area contributed by atoms with Gasteiger partial charge in [-0.05, 0) is 31.9 Å². The Labute approximate surface area is 110 Å². The van der Waals surface area contributed by atoms with E-state index < -0.39 is 0 Å². The number of nitrogens with zero attached hydrogens (tertiary/aromatic N) is 2. The topological polar surface area (TPSA) is 49.8 Å². The highest BCUT2D eigenvalue weighted by Gasteiger charge is 2.16. The van der Waals surface area contributed by atoms with E-state index in [0.717, 1.165) is 24.6 Å². The fraction of sp³-hybridized carbons (Fsp3) is 0.714. The number of nitrogens with one attached hydrogen (secondary N) is 2. The predicted octanol–water partition coefficient (Wildman–Crippen LogP) is 2.33. The molecule has 0 saturated carbocycles. The fourth-order valence-electron chi connectivity index (χ4n) is 2.22. The lowest BCUT2D eigenvalue weighted by molar-refractivity contribution is 0.563. The van der Waals surface area contributed by atoms with Crippen molar-refractivity contribution in [2.45, 2.75) is 51.5 Å². The molecule has 0 radical (unpaired) electrons. The Bertz CT molecular complexity index is 378. The third-order valence-corrected chi connectivity index (χ3v) is 3.36. The summed E-state index contributed by atoms with van der Waals surface area (Å²) in [6, 6.07) is 2.66. The van der Waals surface area contributed by atoms with Crippen LogP contribution < -0.4 is 10.6 Å². The molecule has 1 aliphatic rings. The summed E-state index contributed by atoms with van der Waals surface area (Å²) >= 11 is 0. The van der Waals surface area contributed by atoms with Crippen LogP contribution in [0.5, 0.6) is 0 Å². The standard InChI is InChI=1S/C14H24N4/c1-14(2,3)12-7-10-17-13(18-12)16-9-6-11-5-4-8-15-11/h7,10-11,15H,4-6,8-9H2,1-3H3,(H,16,17,18)/t11-/m1/s1. The van der Waals surface area contributed by atoms with Gasteiger partial charge in [0.25, 0.3) is 0 Å². The largest absolute Gasteiger partial charge is 0.354 e. The number of rotatable bonds is 4. The van der Waals surface area contributed by atoms with Crippen LogP contribution in [0.4, 0.5) is 5.95 Å². The van der Waals surface area contributed by atoms with Crippen molar-refractivity contribution in [1.29, 1.82) is 0 Å². The molecule has 0 aliphatic carbocycles. The fourth-order valence-corrected chi connectivity index (χ4v) is 2.22. The Morgan fingerprint density at radius 3 is 2.94 bits per heavy atom. The molecular formula is C14H24N4. The number of hydrogen-bond donors (Lipinski definition) is 2. The van der Waals surface area contributed by atoms with Crippen LogP contribution in [0.1, 0.15) is 45.7 Å². The minimum atomic E-state index is 0.0758. The lowest BCUT2D eigenvalue weighted by atomic mass is 9.92. The van der Waals surface area contributed by atoms with Gasteiger partial charge in [-0.25, -0.2) is 9.97 Å². The smallest absolute Gasteiger partial charge is 0.222 e. The van der Waals surface area contributed by atoms with Crippen LogP contribution >= 0.6 is 0 Å². The summed E-state index contributed by atoms with van der Waals surface area (Å²) in [5, 5.41) is 6.82. The maximum absolute atomic E-state index is 4.57. The van der Waals surface area contributed by atoms with Crippen molar-refractivity contribution >= 4 is 5.95 Å². The predicted molar refractivity (Wildman–Crippen MR) is 74.9 cm³/mol. The lowest BCUT2D eigenvalue weighted by Gasteiger charge is -2.18. The highest BCUT2D eigenvalue weighted by molar-refractivity contribution is 5.27. The molecule has 0 spiro atoms. The van der Waals surface area contributed by atoms with E-state index in [4.69, 9.17) is 0 Å². The Morgan fingerprint density at radius 1 is 1.44 bits per heavy atom. The van der Waals surface area contributed by atoms with E-state index in [-0.39, 0.29) is 5.41 Å². The molecule has 0 aromatic carbocycles. The molecule has 1 aromatic rings. The van der Waals surface area contributed by atoms with E-state index in [2.05, 4.69) is 41.4 Å². The van der Waals surface area contributed by atoms with Gasteiger partial charge in [0.15, 0.2) is 0 Å². The number of anilines is 1. The van der Waals surface area contributed by atoms with Crippen LogP contribution in [0.25, 0.3) is 0 Å². The quantitative estimate of drug-likeness (QED) is 0.858. The van der Waals surface area contributed by atoms with Crippen molar-refractivity contribution in [3.05, 3.63) is 18.0 Å². The van der Waals surface area contributed by atoms with Gasteiger partial charge in [0.1, 0.15) is 0 Å². The minimum Gasteiger partial charge on any atom is -0.354 e. The minimum absolute atomic E-state index is 0.0758. The lowest BCUT2D eigenvalue weighted by Crippen LogP contribution is -2.24. The molecule has 1 fully saturated rings. The molecule has 1 saturated heterocycles. The normalized spacial score (nSPS) is 20.1. The van der Waals surface area contributed by atoms with Gasteiger partial charge in [0, 0.05) is 24.2 Å². The van der Waals surface area contributed by atoms with Crippen molar-refractivity contribution in [3.63, 3.8) is 0 Å². The Morgan fingerprint density at radius 2 is 2.28 bits per heavy atom. The molecule has 0 unspecified atom stereocenters. The summed E-state index contributed by atoms with van der Waals surface area (Å²) < 4.78 is 0. The van der Waals surface area contributed by atoms with Gasteiger partial charge in [-0.3, -0.25) is 0 Å². The summed E-state index contributed by atoms with van der Waals surface area (Å²) in [4.78, 5) is 8.84. The molecule has 100 valence electrons. The number of hydrogen-bond acceptors (Lipinski definition) is 4. The Hall–Kier alpha value is -1.16. The highest BCUT2D eigenvalue weighted by atomic mass is 15.1. The first kappa shape index (κ1) is 13.3. The van der Waals surface area contributed by atoms with Crippen LogP contribution in [0.3, 0.4) is 0 Å². The number of aromatic nitrogens is 2. The summed E-state index contributed by atoms with van der Waals surface area (Å²) in [6.45, 7) is 8.61. The van der Waals surface area contributed by atoms with Gasteiger partial charge >= 0.3 is 0 Å². The van der Waals surface area contributed by atoms with E-state index in [1.165, 1.54) is 19.4 Å². The van der Waals surface area contributed by atoms with Gasteiger partial charge in [0.2, 0.25) is 5.95 Å². The van der Waals surface area contributed by atoms with Gasteiger partial charge in [0.05, 0.1) is 5.69 Å². The summed E-state index contributed by atoms with van der Waals surface area (Å²) in [5.41, 5.74) is 1.16. The molecular weight excluding hydrogens is 224 g/mol. The molecule has 2 heterocycles. The van der Waals surface area contributed by atoms with Crippen molar-refractivity contribution < 1.29 is 0 Å². The molecule has 1 aliphatic heterocycles. The highest BCUT2D eigenvalue weighted by Crippen LogP contribution is 2.20. The van der Waals surface area contributed by atoms with Gasteiger partial charge in [-0.2, -0.15) is 0 Å². The van der Waals surface area contributed by atoms with Crippen molar-refractivity contribution in [2.24, 2.45) is 0 Å². The first-order valence-corrected chi connectivity index (χ1v) is 6.86. The first-order valence-electron chi connectivity index (χ1n) is 6.86. The van der Waals surface area contributed by atoms with Gasteiger partial charge in [-0.1, -0.05) is 20.8 Å². The molecule has 0 bridgehead atoms. The SMILES string of the molecule is CC(C)(C)c1ccnc(NCC[C@H]2CCCN2)n1. The molecule has 1 atom stereocenters. The molecule has 4 heteroatoms. The maximum atomic E-state index is 4.57. The van der Waals surface area contributed by atoms with Gasteiger partial charge in [-0.15, -0.1) is 0 Å². The molecule has 4 nitrogen and oxygen atoms in total. The van der Waals surface area contributed by atoms with Gasteiger partial charge < -0.3 is 10.6 Å². The summed E-state index contributed by atoms with van der Waals surface area (Å²) in [7, 11) is 0. The van der Waals surface area contributed by atoms with Crippen LogP contribution in [-0.2, 0) is 5.41 Å². The van der Waals surface area contributed by atoms with E-state index in [1.54, 1.807) is 0 Å². The van der Waals surface area contributed by atoms with Crippen LogP contribution in [0.2, 0.25) is 0 Å². The average molecular weight is 248 g/mol. The maximum Gasteiger partial charge on any atom is 0.222 e. The molecule has 2 N–H and O–H groups in total. The second-order valence-electron chi connectivity index (χ2n) is 6.02. The molecule has 18 heavy (non-hydrogen) atoms. The zero-order chi connectivity index (χ0) is 13.0. The molecule has 1 aromatic heterocycles. The summed E-state index contributed by atoms with van der Waals surface area (Å²) in [5.74, 6) is 0.750. The van der Waals surface area contributed by atoms with Crippen LogP contribution in [0.15, 0.2) is 12.3 Å². The van der Waals surface area contributed by atoms with Crippen LogP contribution in [-0.4, -0.2) is 29.1 Å². The molecule has 2 rings (SSSR count). The monoisotopic (exact) mass is 248 g/mol. The zero-order valence-electron chi connectivity index (χ0n) is 11.7. The molecule has 0 amide bonds. The summed E-state index contributed by atoms with van der Waals surface area (Å²) in [6.07, 6.45) is 5.58. The third-order valence-electron chi connectivity index (χ3n) is 3.36. The Balaban J connectivity index is 1.85. The zero-order valence-corrected chi connectivity index (χ0v) is 11.7. The van der Waals surface area contributed by atoms with E-state index in [0.29, 0.717) is 6.04 Å². The second-order valence-corrected chi connectivity index (χ2v) is 6.02. The second kappa shape index (κ2) is 5.65. The Kier molecular flexibility index (Phi) is 4.17.